The van der Waals surface area contributed by atoms with E-state index in [0.29, 0.717) is 23.5 Å². The molecule has 9 rings (SSSR count). The standard InChI is InChI=1S/C47H52N2O14/c1-21-41(54)30(48-35(53)20-61-49-33-12-11-29-26-9-7-22-15-23(51)8-10-24(22)25(26)13-14-46(29,33)2)16-36(62-21)63-32-18-47(59,34(52)19-50)17-28-38(32)45(58)40-39(43(28)56)42(55)27-5-4-6-31(60-3)37(27)44(40)57/h4-6,8,10,15,21,25-26,29-30,32,36,41,50-51,54,56,58-59H,7,9,11-14,16-20H2,1-3H3,(H,48,53)/b49-33-/t21-,25+,26+,29-,30-,32-,36-,41+,46-,47-/m0/s1. The fourth-order valence-corrected chi connectivity index (χ4v) is 11.8. The number of phenols is 3. The number of Topliss-reactive ketones (excluding diaryl/α,β-unsaturated/α-hetero) is 1. The molecule has 3 aromatic rings. The van der Waals surface area contributed by atoms with Gasteiger partial charge in [0.15, 0.2) is 24.5 Å². The maximum atomic E-state index is 14.0. The average Bonchev–Trinajstić information content (AvgIpc) is 3.60. The molecule has 3 aromatic carbocycles. The summed E-state index contributed by atoms with van der Waals surface area (Å²) in [5.74, 6) is -2.96. The second-order valence-electron chi connectivity index (χ2n) is 18.3. The summed E-state index contributed by atoms with van der Waals surface area (Å²) in [6.45, 7) is 2.29. The first-order chi connectivity index (χ1) is 30.1. The van der Waals surface area contributed by atoms with Crippen molar-refractivity contribution in [1.82, 2.24) is 5.32 Å². The molecule has 1 amide bonds. The minimum atomic E-state index is -2.35. The number of ketones is 3. The quantitative estimate of drug-likeness (QED) is 0.0935. The Morgan fingerprint density at radius 1 is 1.00 bits per heavy atom. The minimum absolute atomic E-state index is 0.0661. The van der Waals surface area contributed by atoms with Crippen molar-refractivity contribution in [1.29, 1.82) is 0 Å². The minimum Gasteiger partial charge on any atom is -0.508 e. The van der Waals surface area contributed by atoms with Gasteiger partial charge in [-0.15, -0.1) is 0 Å². The maximum absolute atomic E-state index is 14.0. The third-order valence-electron chi connectivity index (χ3n) is 14.9. The van der Waals surface area contributed by atoms with E-state index >= 15 is 0 Å². The van der Waals surface area contributed by atoms with Gasteiger partial charge in [-0.2, -0.15) is 0 Å². The fraction of sp³-hybridized carbons (Fsp3) is 0.511. The summed E-state index contributed by atoms with van der Waals surface area (Å²) in [5, 5.41) is 73.5. The number of nitrogens with one attached hydrogen (secondary N) is 1. The molecule has 0 bridgehead atoms. The lowest BCUT2D eigenvalue weighted by Gasteiger charge is -2.49. The lowest BCUT2D eigenvalue weighted by molar-refractivity contribution is -0.249. The van der Waals surface area contributed by atoms with Gasteiger partial charge in [0.2, 0.25) is 5.78 Å². The zero-order valence-electron chi connectivity index (χ0n) is 35.3. The predicted molar refractivity (Wildman–Crippen MR) is 222 cm³/mol. The van der Waals surface area contributed by atoms with Crippen molar-refractivity contribution < 1.29 is 68.9 Å². The van der Waals surface area contributed by atoms with Gasteiger partial charge in [0.25, 0.3) is 5.91 Å². The first-order valence-electron chi connectivity index (χ1n) is 21.6. The van der Waals surface area contributed by atoms with Crippen LogP contribution in [-0.2, 0) is 36.7 Å². The van der Waals surface area contributed by atoms with Crippen molar-refractivity contribution in [2.24, 2.45) is 22.4 Å². The molecule has 6 aliphatic rings. The van der Waals surface area contributed by atoms with Crippen LogP contribution in [0, 0.1) is 17.3 Å². The Kier molecular flexibility index (Phi) is 10.9. The summed E-state index contributed by atoms with van der Waals surface area (Å²) in [4.78, 5) is 59.9. The molecule has 16 nitrogen and oxygen atoms in total. The Hall–Kier alpha value is -5.39. The first kappa shape index (κ1) is 42.9. The number of aromatic hydroxyl groups is 3. The molecule has 7 N–H and O–H groups in total. The summed E-state index contributed by atoms with van der Waals surface area (Å²) < 4.78 is 17.6. The van der Waals surface area contributed by atoms with Crippen LogP contribution in [0.4, 0.5) is 0 Å². The Bertz CT molecular complexity index is 2450. The molecule has 0 spiro atoms. The number of carbonyl (C=O) groups excluding carboxylic acids is 4. The fourth-order valence-electron chi connectivity index (χ4n) is 11.8. The van der Waals surface area contributed by atoms with Gasteiger partial charge in [-0.3, -0.25) is 19.2 Å². The Morgan fingerprint density at radius 2 is 1.78 bits per heavy atom. The van der Waals surface area contributed by atoms with Crippen molar-refractivity contribution in [2.75, 3.05) is 20.3 Å². The van der Waals surface area contributed by atoms with Gasteiger partial charge in [0, 0.05) is 41.4 Å². The zero-order chi connectivity index (χ0) is 44.7. The number of aliphatic hydroxyl groups is 3. The molecule has 63 heavy (non-hydrogen) atoms. The second-order valence-corrected chi connectivity index (χ2v) is 18.3. The van der Waals surface area contributed by atoms with Crippen molar-refractivity contribution in [2.45, 2.75) is 114 Å². The van der Waals surface area contributed by atoms with E-state index in [4.69, 9.17) is 19.0 Å². The number of fused-ring (bicyclic) bond motifs is 8. The number of aryl methyl sites for hydroxylation is 1. The van der Waals surface area contributed by atoms with E-state index in [9.17, 15) is 49.8 Å². The number of methoxy groups -OCH3 is 1. The maximum Gasteiger partial charge on any atom is 0.261 e. The summed E-state index contributed by atoms with van der Waals surface area (Å²) in [7, 11) is 1.32. The van der Waals surface area contributed by atoms with Crippen LogP contribution in [0.25, 0.3) is 0 Å². The van der Waals surface area contributed by atoms with Crippen LogP contribution >= 0.6 is 0 Å². The molecular formula is C47H52N2O14. The highest BCUT2D eigenvalue weighted by molar-refractivity contribution is 6.31. The number of amides is 1. The molecule has 3 fully saturated rings. The number of aliphatic hydroxyl groups excluding tert-OH is 2. The number of hydrogen-bond donors (Lipinski definition) is 7. The van der Waals surface area contributed by atoms with E-state index in [0.717, 1.165) is 44.2 Å². The smallest absolute Gasteiger partial charge is 0.261 e. The van der Waals surface area contributed by atoms with Crippen LogP contribution < -0.4 is 10.1 Å². The van der Waals surface area contributed by atoms with E-state index < -0.39 is 108 Å². The Balaban J connectivity index is 0.912. The molecule has 0 radical (unpaired) electrons. The predicted octanol–water partition coefficient (Wildman–Crippen LogP) is 3.79. The number of hydrogen-bond acceptors (Lipinski definition) is 15. The molecule has 0 unspecified atom stereocenters. The molecule has 0 aromatic heterocycles. The zero-order valence-corrected chi connectivity index (χ0v) is 35.3. The molecule has 1 heterocycles. The van der Waals surface area contributed by atoms with Gasteiger partial charge in [-0.25, -0.2) is 0 Å². The van der Waals surface area contributed by atoms with Crippen LogP contribution in [0.2, 0.25) is 0 Å². The van der Waals surface area contributed by atoms with E-state index in [1.807, 2.05) is 6.07 Å². The monoisotopic (exact) mass is 868 g/mol. The topological polar surface area (TPSA) is 251 Å². The van der Waals surface area contributed by atoms with Gasteiger partial charge in [0.1, 0.15) is 41.3 Å². The molecule has 334 valence electrons. The lowest BCUT2D eigenvalue weighted by Crippen LogP contribution is -2.56. The molecule has 16 heteroatoms. The number of benzene rings is 3. The molecular weight excluding hydrogens is 817 g/mol. The van der Waals surface area contributed by atoms with E-state index in [2.05, 4.69) is 23.5 Å². The highest BCUT2D eigenvalue weighted by Gasteiger charge is 2.54. The van der Waals surface area contributed by atoms with Crippen LogP contribution in [-0.4, -0.2) is 110 Å². The van der Waals surface area contributed by atoms with E-state index in [1.54, 1.807) is 13.0 Å². The normalized spacial score (nSPS) is 32.4. The largest absolute Gasteiger partial charge is 0.508 e. The lowest BCUT2D eigenvalue weighted by atomic mass is 9.55. The Morgan fingerprint density at radius 3 is 2.54 bits per heavy atom. The third-order valence-corrected chi connectivity index (χ3v) is 14.9. The molecule has 2 saturated carbocycles. The summed E-state index contributed by atoms with van der Waals surface area (Å²) in [6.07, 6.45) is -0.592. The van der Waals surface area contributed by atoms with Gasteiger partial charge >= 0.3 is 0 Å². The van der Waals surface area contributed by atoms with Crippen molar-refractivity contribution in [3.8, 4) is 23.0 Å². The summed E-state index contributed by atoms with van der Waals surface area (Å²) in [6, 6.07) is 9.13. The van der Waals surface area contributed by atoms with Gasteiger partial charge in [-0.05, 0) is 92.5 Å². The van der Waals surface area contributed by atoms with Crippen LogP contribution in [0.5, 0.6) is 23.0 Å². The Labute approximate surface area is 362 Å². The molecule has 10 atom stereocenters. The highest BCUT2D eigenvalue weighted by Crippen LogP contribution is 2.60. The van der Waals surface area contributed by atoms with Gasteiger partial charge < -0.3 is 55.0 Å². The van der Waals surface area contributed by atoms with E-state index in [-0.39, 0.29) is 39.8 Å². The molecule has 1 aliphatic heterocycles. The van der Waals surface area contributed by atoms with Crippen LogP contribution in [0.15, 0.2) is 41.6 Å². The summed E-state index contributed by atoms with van der Waals surface area (Å²) >= 11 is 0. The van der Waals surface area contributed by atoms with Gasteiger partial charge in [0.05, 0.1) is 47.8 Å². The summed E-state index contributed by atoms with van der Waals surface area (Å²) in [5.41, 5.74) is -0.685. The molecule has 5 aliphatic carbocycles. The highest BCUT2D eigenvalue weighted by atomic mass is 16.7. The van der Waals surface area contributed by atoms with Crippen LogP contribution in [0.3, 0.4) is 0 Å². The molecule has 1 saturated heterocycles. The second kappa shape index (κ2) is 16.0. The number of rotatable bonds is 9. The van der Waals surface area contributed by atoms with Gasteiger partial charge in [-0.1, -0.05) is 30.3 Å². The van der Waals surface area contributed by atoms with Crippen LogP contribution in [0.1, 0.15) is 125 Å². The first-order valence-corrected chi connectivity index (χ1v) is 21.6. The number of carbonyl (C=O) groups is 4. The van der Waals surface area contributed by atoms with Crippen molar-refractivity contribution in [3.63, 3.8) is 0 Å². The van der Waals surface area contributed by atoms with Crippen molar-refractivity contribution >= 4 is 29.0 Å². The number of ether oxygens (including phenoxy) is 3. The van der Waals surface area contributed by atoms with Crippen molar-refractivity contribution in [3.05, 3.63) is 80.9 Å². The number of phenolic OH excluding ortho intramolecular Hbond substituents is 3. The third kappa shape index (κ3) is 6.97. The number of nitrogens with zero attached hydrogens (tertiary/aromatic N) is 1. The SMILES string of the molecule is COc1cccc2c1C(=O)c1c(O)c3c(c(O)c1C2=O)C[C@@](O)(C(=O)CO)C[C@@H]3O[C@H]1C[C@H](NC(=O)CO/N=C2/CC[C@H]3[C@@H]4CCc5cc(O)ccc5[C@H]4CC[C@]23C)[C@H](O)[C@H](C)O1. The average molecular weight is 869 g/mol. The van der Waals surface area contributed by atoms with E-state index in [1.165, 1.54) is 36.4 Å². The number of oxime groups is 1.